The molecular formula is C20H15NO4. The van der Waals surface area contributed by atoms with Crippen molar-refractivity contribution in [1.82, 2.24) is 0 Å². The Bertz CT molecular complexity index is 868. The number of carboxylic acid groups (broad SMARTS) is 1. The average Bonchev–Trinajstić information content (AvgIpc) is 2.64. The number of carboxylic acids is 1. The van der Waals surface area contributed by atoms with E-state index in [-0.39, 0.29) is 11.3 Å². The second kappa shape index (κ2) is 6.57. The predicted molar refractivity (Wildman–Crippen MR) is 93.5 cm³/mol. The van der Waals surface area contributed by atoms with Gasteiger partial charge in [0.1, 0.15) is 5.41 Å². The van der Waals surface area contributed by atoms with E-state index in [4.69, 9.17) is 0 Å². The van der Waals surface area contributed by atoms with Gasteiger partial charge in [0.15, 0.2) is 0 Å². The van der Waals surface area contributed by atoms with Gasteiger partial charge >= 0.3 is 5.97 Å². The molecule has 0 aliphatic carbocycles. The molecule has 0 amide bonds. The first-order valence-electron chi connectivity index (χ1n) is 7.67. The lowest BCUT2D eigenvalue weighted by Gasteiger charge is -2.31. The fraction of sp³-hybridized carbons (Fsp3) is 0.0500. The molecule has 3 aromatic carbocycles. The molecule has 25 heavy (non-hydrogen) atoms. The van der Waals surface area contributed by atoms with Crippen LogP contribution in [0.25, 0.3) is 0 Å². The SMILES string of the molecule is O=C(O)C(c1ccccc1)(c1ccccc1)c1ccccc1[N+](=O)[O-]. The minimum absolute atomic E-state index is 0.130. The summed E-state index contributed by atoms with van der Waals surface area (Å²) in [5.74, 6) is -1.17. The number of benzene rings is 3. The summed E-state index contributed by atoms with van der Waals surface area (Å²) in [5, 5.41) is 21.8. The minimum Gasteiger partial charge on any atom is -0.480 e. The Hall–Kier alpha value is -3.47. The first-order valence-corrected chi connectivity index (χ1v) is 7.67. The van der Waals surface area contributed by atoms with Crippen molar-refractivity contribution in [2.45, 2.75) is 5.41 Å². The molecule has 0 radical (unpaired) electrons. The number of hydrogen-bond acceptors (Lipinski definition) is 3. The van der Waals surface area contributed by atoms with Gasteiger partial charge in [-0.15, -0.1) is 0 Å². The number of nitro groups is 1. The molecule has 1 N–H and O–H groups in total. The van der Waals surface area contributed by atoms with Crippen molar-refractivity contribution in [1.29, 1.82) is 0 Å². The van der Waals surface area contributed by atoms with Crippen molar-refractivity contribution in [2.24, 2.45) is 0 Å². The van der Waals surface area contributed by atoms with Gasteiger partial charge < -0.3 is 5.11 Å². The summed E-state index contributed by atoms with van der Waals surface area (Å²) in [6, 6.07) is 23.2. The Kier molecular flexibility index (Phi) is 4.31. The molecule has 0 bridgehead atoms. The molecule has 0 aromatic heterocycles. The number of para-hydroxylation sites is 1. The molecule has 0 spiro atoms. The standard InChI is InChI=1S/C20H15NO4/c22-19(23)20(15-9-3-1-4-10-15,16-11-5-2-6-12-16)17-13-7-8-14-18(17)21(24)25/h1-14H,(H,22,23). The second-order valence-electron chi connectivity index (χ2n) is 5.56. The normalized spacial score (nSPS) is 11.0. The van der Waals surface area contributed by atoms with Crippen molar-refractivity contribution in [3.63, 3.8) is 0 Å². The summed E-state index contributed by atoms with van der Waals surface area (Å²) in [6.07, 6.45) is 0. The molecule has 3 rings (SSSR count). The zero-order chi connectivity index (χ0) is 17.9. The first-order chi connectivity index (χ1) is 12.1. The maximum absolute atomic E-state index is 12.6. The molecule has 5 heteroatoms. The van der Waals surface area contributed by atoms with E-state index in [9.17, 15) is 20.0 Å². The van der Waals surface area contributed by atoms with Crippen LogP contribution in [0.15, 0.2) is 84.9 Å². The van der Waals surface area contributed by atoms with Gasteiger partial charge in [-0.1, -0.05) is 78.9 Å². The molecule has 0 unspecified atom stereocenters. The summed E-state index contributed by atoms with van der Waals surface area (Å²) >= 11 is 0. The molecule has 0 saturated carbocycles. The molecule has 124 valence electrons. The van der Waals surface area contributed by atoms with E-state index >= 15 is 0 Å². The molecule has 0 saturated heterocycles. The third-order valence-corrected chi connectivity index (χ3v) is 4.24. The van der Waals surface area contributed by atoms with Gasteiger partial charge in [-0.25, -0.2) is 0 Å². The third-order valence-electron chi connectivity index (χ3n) is 4.24. The fourth-order valence-corrected chi connectivity index (χ4v) is 3.17. The van der Waals surface area contributed by atoms with E-state index in [2.05, 4.69) is 0 Å². The monoisotopic (exact) mass is 333 g/mol. The Morgan fingerprint density at radius 2 is 1.24 bits per heavy atom. The second-order valence-corrected chi connectivity index (χ2v) is 5.56. The Morgan fingerprint density at radius 3 is 1.68 bits per heavy atom. The minimum atomic E-state index is -1.67. The number of hydrogen-bond donors (Lipinski definition) is 1. The highest BCUT2D eigenvalue weighted by atomic mass is 16.6. The smallest absolute Gasteiger partial charge is 0.323 e. The van der Waals surface area contributed by atoms with Gasteiger partial charge in [0.05, 0.1) is 10.5 Å². The summed E-state index contributed by atoms with van der Waals surface area (Å²) in [7, 11) is 0. The summed E-state index contributed by atoms with van der Waals surface area (Å²) in [4.78, 5) is 23.6. The number of aliphatic carboxylic acids is 1. The Balaban J connectivity index is 2.46. The van der Waals surface area contributed by atoms with Crippen LogP contribution in [-0.2, 0) is 10.2 Å². The van der Waals surface area contributed by atoms with Crippen LogP contribution in [0, 0.1) is 10.1 Å². The fourth-order valence-electron chi connectivity index (χ4n) is 3.17. The highest BCUT2D eigenvalue weighted by Gasteiger charge is 2.47. The first kappa shape index (κ1) is 16.4. The van der Waals surface area contributed by atoms with Crippen molar-refractivity contribution in [2.75, 3.05) is 0 Å². The lowest BCUT2D eigenvalue weighted by Crippen LogP contribution is -2.39. The van der Waals surface area contributed by atoms with Gasteiger partial charge in [0.25, 0.3) is 5.69 Å². The van der Waals surface area contributed by atoms with Crippen molar-refractivity contribution < 1.29 is 14.8 Å². The van der Waals surface area contributed by atoms with E-state index in [0.29, 0.717) is 11.1 Å². The topological polar surface area (TPSA) is 80.4 Å². The maximum atomic E-state index is 12.6. The molecule has 0 aliphatic rings. The van der Waals surface area contributed by atoms with E-state index in [1.165, 1.54) is 18.2 Å². The zero-order valence-electron chi connectivity index (χ0n) is 13.2. The third kappa shape index (κ3) is 2.65. The van der Waals surface area contributed by atoms with E-state index in [1.54, 1.807) is 66.7 Å². The lowest BCUT2D eigenvalue weighted by atomic mass is 9.69. The molecule has 3 aromatic rings. The summed E-state index contributed by atoms with van der Waals surface area (Å²) in [6.45, 7) is 0. The number of nitrogens with zero attached hydrogens (tertiary/aromatic N) is 1. The molecule has 0 aliphatic heterocycles. The van der Waals surface area contributed by atoms with Gasteiger partial charge in [-0.05, 0) is 11.1 Å². The maximum Gasteiger partial charge on any atom is 0.323 e. The molecule has 0 atom stereocenters. The van der Waals surface area contributed by atoms with Crippen LogP contribution in [0.4, 0.5) is 5.69 Å². The predicted octanol–water partition coefficient (Wildman–Crippen LogP) is 4.01. The Labute approximate surface area is 144 Å². The highest BCUT2D eigenvalue weighted by Crippen LogP contribution is 2.43. The van der Waals surface area contributed by atoms with Crippen LogP contribution in [0.5, 0.6) is 0 Å². The Morgan fingerprint density at radius 1 is 0.800 bits per heavy atom. The average molecular weight is 333 g/mol. The van der Waals surface area contributed by atoms with E-state index < -0.39 is 16.3 Å². The largest absolute Gasteiger partial charge is 0.480 e. The molecule has 5 nitrogen and oxygen atoms in total. The van der Waals surface area contributed by atoms with Gasteiger partial charge in [-0.3, -0.25) is 14.9 Å². The van der Waals surface area contributed by atoms with Crippen LogP contribution in [0.2, 0.25) is 0 Å². The summed E-state index contributed by atoms with van der Waals surface area (Å²) < 4.78 is 0. The van der Waals surface area contributed by atoms with Crippen LogP contribution in [0.3, 0.4) is 0 Å². The number of carbonyl (C=O) groups is 1. The van der Waals surface area contributed by atoms with Crippen LogP contribution >= 0.6 is 0 Å². The summed E-state index contributed by atoms with van der Waals surface area (Å²) in [5.41, 5.74) is -0.847. The van der Waals surface area contributed by atoms with Crippen LogP contribution < -0.4 is 0 Å². The zero-order valence-corrected chi connectivity index (χ0v) is 13.2. The van der Waals surface area contributed by atoms with Crippen molar-refractivity contribution in [3.8, 4) is 0 Å². The van der Waals surface area contributed by atoms with E-state index in [1.807, 2.05) is 0 Å². The van der Waals surface area contributed by atoms with Gasteiger partial charge in [-0.2, -0.15) is 0 Å². The van der Waals surface area contributed by atoms with Gasteiger partial charge in [0, 0.05) is 6.07 Å². The lowest BCUT2D eigenvalue weighted by molar-refractivity contribution is -0.385. The molecular weight excluding hydrogens is 318 g/mol. The number of nitro benzene ring substituents is 1. The quantitative estimate of drug-likeness (QED) is 0.434. The van der Waals surface area contributed by atoms with Gasteiger partial charge in [0.2, 0.25) is 0 Å². The van der Waals surface area contributed by atoms with Crippen molar-refractivity contribution in [3.05, 3.63) is 112 Å². The van der Waals surface area contributed by atoms with Crippen molar-refractivity contribution >= 4 is 11.7 Å². The van der Waals surface area contributed by atoms with E-state index in [0.717, 1.165) is 0 Å². The van der Waals surface area contributed by atoms with Crippen LogP contribution in [0.1, 0.15) is 16.7 Å². The molecule has 0 fully saturated rings. The van der Waals surface area contributed by atoms with Crippen LogP contribution in [-0.4, -0.2) is 16.0 Å². The molecule has 0 heterocycles. The highest BCUT2D eigenvalue weighted by molar-refractivity contribution is 5.92. The number of rotatable bonds is 5.